The molecule has 0 aliphatic rings. The molecule has 22 heavy (non-hydrogen) atoms. The lowest BCUT2D eigenvalue weighted by atomic mass is 10.1. The van der Waals surface area contributed by atoms with Gasteiger partial charge in [-0.3, -0.25) is 0 Å². The van der Waals surface area contributed by atoms with E-state index in [1.165, 1.54) is 20.5 Å². The largest absolute Gasteiger partial charge is 0.495 e. The lowest BCUT2D eigenvalue weighted by Gasteiger charge is -2.25. The molecule has 0 saturated heterocycles. The van der Waals surface area contributed by atoms with E-state index in [-0.39, 0.29) is 0 Å². The monoisotopic (exact) mass is 305 g/mol. The molecule has 0 bridgehead atoms. The number of ether oxygens (including phenoxy) is 3. The Morgan fingerprint density at radius 3 is 2.50 bits per heavy atom. The van der Waals surface area contributed by atoms with Crippen LogP contribution in [0.15, 0.2) is 47.1 Å². The van der Waals surface area contributed by atoms with E-state index in [0.29, 0.717) is 11.5 Å². The summed E-state index contributed by atoms with van der Waals surface area (Å²) in [5.41, 5.74) is 0.720. The van der Waals surface area contributed by atoms with Crippen molar-refractivity contribution in [1.82, 2.24) is 0 Å². The molecule has 6 nitrogen and oxygen atoms in total. The minimum atomic E-state index is -0.860. The van der Waals surface area contributed by atoms with Crippen molar-refractivity contribution in [2.24, 2.45) is 0 Å². The summed E-state index contributed by atoms with van der Waals surface area (Å²) < 4.78 is 20.8. The fourth-order valence-corrected chi connectivity index (χ4v) is 2.18. The molecule has 6 heteroatoms. The molecular formula is C16H19NO5. The fraction of sp³-hybridized carbons (Fsp3) is 0.312. The number of para-hydroxylation sites is 2. The quantitative estimate of drug-likeness (QED) is 0.793. The Morgan fingerprint density at radius 1 is 1.14 bits per heavy atom. The van der Waals surface area contributed by atoms with Gasteiger partial charge in [0.05, 0.1) is 26.2 Å². The number of hydrogen-bond acceptors (Lipinski definition) is 6. The number of rotatable bonds is 7. The molecule has 2 aromatic rings. The molecule has 0 radical (unpaired) electrons. The average molecular weight is 305 g/mol. The zero-order valence-electron chi connectivity index (χ0n) is 12.7. The Kier molecular flexibility index (Phi) is 5.43. The van der Waals surface area contributed by atoms with Crippen molar-refractivity contribution in [3.8, 4) is 5.75 Å². The Bertz CT molecular complexity index is 596. The van der Waals surface area contributed by atoms with Crippen LogP contribution in [0.1, 0.15) is 11.8 Å². The number of carbonyl (C=O) groups is 1. The molecule has 0 amide bonds. The van der Waals surface area contributed by atoms with E-state index in [1.807, 2.05) is 24.3 Å². The molecule has 0 aliphatic heterocycles. The number of anilines is 1. The summed E-state index contributed by atoms with van der Waals surface area (Å²) >= 11 is 0. The van der Waals surface area contributed by atoms with Crippen LogP contribution in [-0.4, -0.2) is 33.4 Å². The van der Waals surface area contributed by atoms with E-state index in [2.05, 4.69) is 5.32 Å². The normalized spacial score (nSPS) is 13.2. The van der Waals surface area contributed by atoms with Crippen LogP contribution in [0.25, 0.3) is 0 Å². The first-order valence-electron chi connectivity index (χ1n) is 6.74. The summed E-state index contributed by atoms with van der Waals surface area (Å²) in [6, 6.07) is 10.4. The third-order valence-corrected chi connectivity index (χ3v) is 3.26. The van der Waals surface area contributed by atoms with Gasteiger partial charge in [-0.15, -0.1) is 0 Å². The highest BCUT2D eigenvalue weighted by atomic mass is 16.6. The van der Waals surface area contributed by atoms with Crippen molar-refractivity contribution in [1.29, 1.82) is 0 Å². The highest BCUT2D eigenvalue weighted by Crippen LogP contribution is 2.31. The van der Waals surface area contributed by atoms with Crippen LogP contribution in [0.2, 0.25) is 0 Å². The fourth-order valence-electron chi connectivity index (χ4n) is 2.18. The molecule has 0 unspecified atom stereocenters. The van der Waals surface area contributed by atoms with Crippen LogP contribution in [-0.2, 0) is 14.3 Å². The number of hydrogen-bond donors (Lipinski definition) is 1. The zero-order chi connectivity index (χ0) is 15.9. The second-order valence-electron chi connectivity index (χ2n) is 4.52. The first-order chi connectivity index (χ1) is 10.7. The van der Waals surface area contributed by atoms with E-state index >= 15 is 0 Å². The van der Waals surface area contributed by atoms with E-state index in [1.54, 1.807) is 19.2 Å². The maximum atomic E-state index is 12.0. The van der Waals surface area contributed by atoms with Gasteiger partial charge in [0.2, 0.25) is 0 Å². The van der Waals surface area contributed by atoms with Crippen LogP contribution in [0, 0.1) is 0 Å². The maximum Gasteiger partial charge on any atom is 0.337 e. The van der Waals surface area contributed by atoms with Crippen LogP contribution in [0.5, 0.6) is 5.75 Å². The molecular weight excluding hydrogens is 286 g/mol. The Balaban J connectivity index is 2.35. The van der Waals surface area contributed by atoms with Crippen molar-refractivity contribution in [3.05, 3.63) is 48.4 Å². The van der Waals surface area contributed by atoms with Gasteiger partial charge in [-0.25, -0.2) is 4.79 Å². The molecule has 2 rings (SSSR count). The molecule has 1 aromatic carbocycles. The SMILES string of the molecule is COC(=O)[C@H](OC)[C@@H](Nc1ccccc1OC)c1ccco1. The summed E-state index contributed by atoms with van der Waals surface area (Å²) in [7, 11) is 4.34. The van der Waals surface area contributed by atoms with Gasteiger partial charge in [0.15, 0.2) is 6.10 Å². The average Bonchev–Trinajstić information content (AvgIpc) is 3.09. The number of benzene rings is 1. The van der Waals surface area contributed by atoms with Crippen LogP contribution < -0.4 is 10.1 Å². The van der Waals surface area contributed by atoms with Crippen molar-refractivity contribution >= 4 is 11.7 Å². The second-order valence-corrected chi connectivity index (χ2v) is 4.52. The number of methoxy groups -OCH3 is 3. The summed E-state index contributed by atoms with van der Waals surface area (Å²) in [6.45, 7) is 0. The molecule has 1 N–H and O–H groups in total. The van der Waals surface area contributed by atoms with E-state index < -0.39 is 18.1 Å². The van der Waals surface area contributed by atoms with Crippen molar-refractivity contribution in [2.75, 3.05) is 26.6 Å². The minimum Gasteiger partial charge on any atom is -0.495 e. The molecule has 2 atom stereocenters. The Hall–Kier alpha value is -2.47. The molecule has 0 saturated carbocycles. The van der Waals surface area contributed by atoms with Gasteiger partial charge in [0.1, 0.15) is 17.6 Å². The summed E-state index contributed by atoms with van der Waals surface area (Å²) in [4.78, 5) is 12.0. The Morgan fingerprint density at radius 2 is 1.91 bits per heavy atom. The van der Waals surface area contributed by atoms with E-state index in [4.69, 9.17) is 18.6 Å². The molecule has 0 spiro atoms. The number of carbonyl (C=O) groups excluding carboxylic acids is 1. The molecule has 118 valence electrons. The zero-order valence-corrected chi connectivity index (χ0v) is 12.7. The smallest absolute Gasteiger partial charge is 0.337 e. The van der Waals surface area contributed by atoms with E-state index in [0.717, 1.165) is 5.69 Å². The molecule has 0 fully saturated rings. The first-order valence-corrected chi connectivity index (χ1v) is 6.74. The molecule has 0 aliphatic carbocycles. The van der Waals surface area contributed by atoms with Crippen LogP contribution in [0.4, 0.5) is 5.69 Å². The van der Waals surface area contributed by atoms with Gasteiger partial charge < -0.3 is 23.9 Å². The topological polar surface area (TPSA) is 69.9 Å². The van der Waals surface area contributed by atoms with Gasteiger partial charge in [-0.05, 0) is 24.3 Å². The summed E-state index contributed by atoms with van der Waals surface area (Å²) in [5.74, 6) is 0.716. The lowest BCUT2D eigenvalue weighted by molar-refractivity contribution is -0.153. The predicted octanol–water partition coefficient (Wildman–Crippen LogP) is 2.63. The number of furan rings is 1. The molecule has 1 aromatic heterocycles. The van der Waals surface area contributed by atoms with Gasteiger partial charge in [-0.2, -0.15) is 0 Å². The number of nitrogens with one attached hydrogen (secondary N) is 1. The molecule has 1 heterocycles. The van der Waals surface area contributed by atoms with Crippen molar-refractivity contribution in [2.45, 2.75) is 12.1 Å². The van der Waals surface area contributed by atoms with Crippen LogP contribution >= 0.6 is 0 Å². The maximum absolute atomic E-state index is 12.0. The minimum absolute atomic E-state index is 0.494. The first kappa shape index (κ1) is 15.9. The van der Waals surface area contributed by atoms with Crippen molar-refractivity contribution < 1.29 is 23.4 Å². The highest BCUT2D eigenvalue weighted by Gasteiger charge is 2.33. The van der Waals surface area contributed by atoms with Gasteiger partial charge >= 0.3 is 5.97 Å². The second kappa shape index (κ2) is 7.51. The lowest BCUT2D eigenvalue weighted by Crippen LogP contribution is -2.35. The standard InChI is InChI=1S/C16H19NO5/c1-19-12-8-5-4-7-11(12)17-14(13-9-6-10-22-13)15(20-2)16(18)21-3/h4-10,14-15,17H,1-3H3/t14-,15+/m0/s1. The third kappa shape index (κ3) is 3.40. The highest BCUT2D eigenvalue weighted by molar-refractivity contribution is 5.76. The predicted molar refractivity (Wildman–Crippen MR) is 80.9 cm³/mol. The Labute approximate surface area is 129 Å². The third-order valence-electron chi connectivity index (χ3n) is 3.26. The van der Waals surface area contributed by atoms with Crippen molar-refractivity contribution in [3.63, 3.8) is 0 Å². The van der Waals surface area contributed by atoms with Gasteiger partial charge in [0, 0.05) is 7.11 Å². The summed E-state index contributed by atoms with van der Waals surface area (Å²) in [5, 5.41) is 3.22. The summed E-state index contributed by atoms with van der Waals surface area (Å²) in [6.07, 6.45) is 0.678. The number of esters is 1. The van der Waals surface area contributed by atoms with Gasteiger partial charge in [-0.1, -0.05) is 12.1 Å². The van der Waals surface area contributed by atoms with Crippen LogP contribution in [0.3, 0.4) is 0 Å². The van der Waals surface area contributed by atoms with E-state index in [9.17, 15) is 4.79 Å². The van der Waals surface area contributed by atoms with Gasteiger partial charge in [0.25, 0.3) is 0 Å².